The third kappa shape index (κ3) is 3.66. The van der Waals surface area contributed by atoms with E-state index in [1.807, 2.05) is 27.8 Å². The maximum Gasteiger partial charge on any atom is 0.270 e. The highest BCUT2D eigenvalue weighted by molar-refractivity contribution is 5.93. The second kappa shape index (κ2) is 7.61. The average molecular weight is 293 g/mol. The van der Waals surface area contributed by atoms with Crippen molar-refractivity contribution >= 4 is 5.91 Å². The number of amides is 1. The van der Waals surface area contributed by atoms with Crippen LogP contribution in [0.5, 0.6) is 0 Å². The zero-order valence-corrected chi connectivity index (χ0v) is 13.3. The van der Waals surface area contributed by atoms with Gasteiger partial charge in [-0.2, -0.15) is 0 Å². The molecule has 1 aliphatic heterocycles. The summed E-state index contributed by atoms with van der Waals surface area (Å²) in [6, 6.07) is 4.53. The first-order valence-corrected chi connectivity index (χ1v) is 7.89. The second-order valence-electron chi connectivity index (χ2n) is 5.61. The number of hydrogen-bond donors (Lipinski definition) is 1. The van der Waals surface area contributed by atoms with Crippen molar-refractivity contribution in [1.29, 1.82) is 0 Å². The molecule has 1 fully saturated rings. The monoisotopic (exact) mass is 293 g/mol. The van der Waals surface area contributed by atoms with E-state index in [0.717, 1.165) is 31.6 Å². The third-order valence-corrected chi connectivity index (χ3v) is 4.31. The van der Waals surface area contributed by atoms with Gasteiger partial charge in [0.15, 0.2) is 0 Å². The van der Waals surface area contributed by atoms with Gasteiger partial charge in [0.25, 0.3) is 5.91 Å². The maximum absolute atomic E-state index is 12.9. The van der Waals surface area contributed by atoms with E-state index in [9.17, 15) is 4.79 Å². The van der Waals surface area contributed by atoms with Crippen molar-refractivity contribution in [2.45, 2.75) is 45.3 Å². The molecule has 2 heterocycles. The number of carbonyl (C=O) groups is 1. The van der Waals surface area contributed by atoms with Crippen molar-refractivity contribution in [1.82, 2.24) is 14.8 Å². The fourth-order valence-electron chi connectivity index (χ4n) is 2.89. The minimum atomic E-state index is 0.142. The van der Waals surface area contributed by atoms with Crippen molar-refractivity contribution < 1.29 is 9.53 Å². The van der Waals surface area contributed by atoms with Crippen molar-refractivity contribution in [3.05, 3.63) is 24.0 Å². The molecule has 5 nitrogen and oxygen atoms in total. The summed E-state index contributed by atoms with van der Waals surface area (Å²) in [6.45, 7) is 7.32. The number of hydrogen-bond acceptors (Lipinski definition) is 3. The molecule has 1 aliphatic rings. The molecule has 118 valence electrons. The van der Waals surface area contributed by atoms with Gasteiger partial charge in [0, 0.05) is 45.0 Å². The molecule has 2 unspecified atom stereocenters. The summed E-state index contributed by atoms with van der Waals surface area (Å²) in [5.74, 6) is 0.142. The molecule has 0 aliphatic carbocycles. The highest BCUT2D eigenvalue weighted by Crippen LogP contribution is 2.16. The molecule has 0 spiro atoms. The van der Waals surface area contributed by atoms with E-state index in [4.69, 9.17) is 4.74 Å². The lowest BCUT2D eigenvalue weighted by atomic mass is 10.0. The van der Waals surface area contributed by atoms with Gasteiger partial charge in [0.1, 0.15) is 5.69 Å². The third-order valence-electron chi connectivity index (χ3n) is 4.31. The lowest BCUT2D eigenvalue weighted by Gasteiger charge is -2.40. The molecule has 0 saturated carbocycles. The smallest absolute Gasteiger partial charge is 0.270 e. The minimum absolute atomic E-state index is 0.142. The van der Waals surface area contributed by atoms with Crippen LogP contribution in [0.4, 0.5) is 0 Å². The van der Waals surface area contributed by atoms with Crippen molar-refractivity contribution in [2.24, 2.45) is 0 Å². The Balaban J connectivity index is 2.14. The average Bonchev–Trinajstić information content (AvgIpc) is 2.99. The molecule has 1 N–H and O–H groups in total. The summed E-state index contributed by atoms with van der Waals surface area (Å²) in [7, 11) is 1.68. The molecule has 1 aromatic heterocycles. The molecule has 1 saturated heterocycles. The molecule has 2 atom stereocenters. The summed E-state index contributed by atoms with van der Waals surface area (Å²) in [5.41, 5.74) is 0.766. The second-order valence-corrected chi connectivity index (χ2v) is 5.61. The number of nitrogens with zero attached hydrogens (tertiary/aromatic N) is 2. The highest BCUT2D eigenvalue weighted by Gasteiger charge is 2.31. The summed E-state index contributed by atoms with van der Waals surface area (Å²) in [6.07, 6.45) is 3.98. The topological polar surface area (TPSA) is 46.5 Å². The lowest BCUT2D eigenvalue weighted by molar-refractivity contribution is 0.0563. The van der Waals surface area contributed by atoms with Gasteiger partial charge in [0.05, 0.1) is 6.61 Å². The lowest BCUT2D eigenvalue weighted by Crippen LogP contribution is -2.58. The number of ether oxygens (including phenoxy) is 1. The van der Waals surface area contributed by atoms with Gasteiger partial charge in [-0.15, -0.1) is 0 Å². The Kier molecular flexibility index (Phi) is 5.82. The fraction of sp³-hybridized carbons (Fsp3) is 0.688. The van der Waals surface area contributed by atoms with E-state index in [-0.39, 0.29) is 11.9 Å². The molecule has 21 heavy (non-hydrogen) atoms. The van der Waals surface area contributed by atoms with Crippen molar-refractivity contribution in [3.8, 4) is 0 Å². The van der Waals surface area contributed by atoms with E-state index in [0.29, 0.717) is 19.2 Å². The van der Waals surface area contributed by atoms with Crippen LogP contribution in [0.2, 0.25) is 0 Å². The summed E-state index contributed by atoms with van der Waals surface area (Å²) < 4.78 is 7.10. The molecule has 0 bridgehead atoms. The predicted molar refractivity (Wildman–Crippen MR) is 83.5 cm³/mol. The molecular formula is C16H27N3O2. The van der Waals surface area contributed by atoms with Crippen LogP contribution in [-0.2, 0) is 11.3 Å². The minimum Gasteiger partial charge on any atom is -0.383 e. The number of methoxy groups -OCH3 is 1. The molecule has 0 aromatic carbocycles. The van der Waals surface area contributed by atoms with Gasteiger partial charge in [-0.1, -0.05) is 13.8 Å². The Bertz CT molecular complexity index is 458. The summed E-state index contributed by atoms with van der Waals surface area (Å²) >= 11 is 0. The predicted octanol–water partition coefficient (Wildman–Crippen LogP) is 1.74. The Labute approximate surface area is 127 Å². The maximum atomic E-state index is 12.9. The number of piperazine rings is 1. The number of nitrogens with one attached hydrogen (secondary N) is 1. The van der Waals surface area contributed by atoms with E-state index < -0.39 is 0 Å². The summed E-state index contributed by atoms with van der Waals surface area (Å²) in [4.78, 5) is 15.0. The first-order valence-electron chi connectivity index (χ1n) is 7.89. The zero-order chi connectivity index (χ0) is 15.2. The normalized spacial score (nSPS) is 22.5. The SMILES string of the molecule is CCC1CN(C(=O)c2cccn2CCOC)C(CC)CN1. The summed E-state index contributed by atoms with van der Waals surface area (Å²) in [5, 5.41) is 3.53. The van der Waals surface area contributed by atoms with Crippen LogP contribution in [0.1, 0.15) is 37.2 Å². The number of aromatic nitrogens is 1. The standard InChI is InChI=1S/C16H27N3O2/c1-4-13-12-19(14(5-2)11-17-13)16(20)15-7-6-8-18(15)9-10-21-3/h6-8,13-14,17H,4-5,9-12H2,1-3H3. The first-order chi connectivity index (χ1) is 10.2. The number of carbonyl (C=O) groups excluding carboxylic acids is 1. The Morgan fingerprint density at radius 1 is 1.43 bits per heavy atom. The molecular weight excluding hydrogens is 266 g/mol. The quantitative estimate of drug-likeness (QED) is 0.869. The Morgan fingerprint density at radius 2 is 2.24 bits per heavy atom. The molecule has 1 aromatic rings. The zero-order valence-electron chi connectivity index (χ0n) is 13.3. The Hall–Kier alpha value is -1.33. The van der Waals surface area contributed by atoms with Crippen molar-refractivity contribution in [3.63, 3.8) is 0 Å². The van der Waals surface area contributed by atoms with Gasteiger partial charge in [-0.05, 0) is 25.0 Å². The van der Waals surface area contributed by atoms with Crippen LogP contribution in [0, 0.1) is 0 Å². The van der Waals surface area contributed by atoms with Crippen LogP contribution in [0.25, 0.3) is 0 Å². The van der Waals surface area contributed by atoms with Crippen LogP contribution >= 0.6 is 0 Å². The molecule has 1 amide bonds. The van der Waals surface area contributed by atoms with E-state index in [1.165, 1.54) is 0 Å². The van der Waals surface area contributed by atoms with Crippen LogP contribution < -0.4 is 5.32 Å². The van der Waals surface area contributed by atoms with E-state index in [1.54, 1.807) is 7.11 Å². The molecule has 5 heteroatoms. The van der Waals surface area contributed by atoms with E-state index in [2.05, 4.69) is 19.2 Å². The molecule has 0 radical (unpaired) electrons. The molecule has 2 rings (SSSR count). The fourth-order valence-corrected chi connectivity index (χ4v) is 2.89. The van der Waals surface area contributed by atoms with Gasteiger partial charge < -0.3 is 19.5 Å². The number of rotatable bonds is 6. The van der Waals surface area contributed by atoms with Crippen LogP contribution in [-0.4, -0.2) is 54.3 Å². The van der Waals surface area contributed by atoms with Gasteiger partial charge in [-0.25, -0.2) is 0 Å². The van der Waals surface area contributed by atoms with E-state index >= 15 is 0 Å². The first kappa shape index (κ1) is 16.0. The Morgan fingerprint density at radius 3 is 2.90 bits per heavy atom. The van der Waals surface area contributed by atoms with Gasteiger partial charge >= 0.3 is 0 Å². The highest BCUT2D eigenvalue weighted by atomic mass is 16.5. The van der Waals surface area contributed by atoms with Crippen LogP contribution in [0.3, 0.4) is 0 Å². The van der Waals surface area contributed by atoms with Gasteiger partial charge in [0.2, 0.25) is 0 Å². The van der Waals surface area contributed by atoms with Crippen LogP contribution in [0.15, 0.2) is 18.3 Å². The van der Waals surface area contributed by atoms with Gasteiger partial charge in [-0.3, -0.25) is 4.79 Å². The van der Waals surface area contributed by atoms with Crippen molar-refractivity contribution in [2.75, 3.05) is 26.8 Å². The largest absolute Gasteiger partial charge is 0.383 e.